The lowest BCUT2D eigenvalue weighted by molar-refractivity contribution is -0.384. The van der Waals surface area contributed by atoms with Gasteiger partial charge in [0.05, 0.1) is 4.92 Å². The molecule has 106 valence electrons. The maximum atomic E-state index is 10.9. The summed E-state index contributed by atoms with van der Waals surface area (Å²) in [6.45, 7) is 3.78. The maximum absolute atomic E-state index is 10.9. The van der Waals surface area contributed by atoms with Crippen molar-refractivity contribution in [2.75, 3.05) is 0 Å². The summed E-state index contributed by atoms with van der Waals surface area (Å²) in [6.07, 6.45) is 0. The Labute approximate surface area is 134 Å². The number of nitro groups is 1. The highest BCUT2D eigenvalue weighted by Gasteiger charge is 2.17. The second-order valence-electron chi connectivity index (χ2n) is 4.80. The predicted octanol–water partition coefficient (Wildman–Crippen LogP) is 4.62. The van der Waals surface area contributed by atoms with Crippen LogP contribution in [0.4, 0.5) is 5.69 Å². The van der Waals surface area contributed by atoms with Crippen molar-refractivity contribution in [1.82, 2.24) is 4.98 Å². The monoisotopic (exact) mass is 394 g/mol. The number of aryl methyl sites for hydroxylation is 1. The molecular formula is C15H11IN2O3. The number of rotatable bonds is 2. The van der Waals surface area contributed by atoms with Gasteiger partial charge in [0.15, 0.2) is 5.58 Å². The molecule has 0 aliphatic rings. The largest absolute Gasteiger partial charge is 0.436 e. The fourth-order valence-corrected chi connectivity index (χ4v) is 2.74. The number of benzene rings is 2. The molecule has 0 saturated carbocycles. The minimum atomic E-state index is -0.419. The van der Waals surface area contributed by atoms with Crippen LogP contribution in [0.25, 0.3) is 22.6 Å². The molecule has 0 spiro atoms. The lowest BCUT2D eigenvalue weighted by Crippen LogP contribution is -1.88. The Morgan fingerprint density at radius 1 is 1.29 bits per heavy atom. The average Bonchev–Trinajstić information content (AvgIpc) is 2.86. The van der Waals surface area contributed by atoms with Crippen molar-refractivity contribution < 1.29 is 9.34 Å². The summed E-state index contributed by atoms with van der Waals surface area (Å²) >= 11 is 2.26. The normalized spacial score (nSPS) is 11.0. The van der Waals surface area contributed by atoms with Gasteiger partial charge in [-0.2, -0.15) is 0 Å². The van der Waals surface area contributed by atoms with Crippen molar-refractivity contribution in [3.8, 4) is 11.5 Å². The van der Waals surface area contributed by atoms with E-state index in [1.165, 1.54) is 12.1 Å². The topological polar surface area (TPSA) is 69.2 Å². The van der Waals surface area contributed by atoms with Crippen LogP contribution in [0, 0.1) is 27.5 Å². The molecular weight excluding hydrogens is 383 g/mol. The summed E-state index contributed by atoms with van der Waals surface area (Å²) in [5, 5.41) is 10.9. The molecule has 0 N–H and O–H groups in total. The van der Waals surface area contributed by atoms with Gasteiger partial charge in [-0.3, -0.25) is 10.1 Å². The number of hydrogen-bond donors (Lipinski definition) is 0. The lowest BCUT2D eigenvalue weighted by atomic mass is 10.1. The Kier molecular flexibility index (Phi) is 3.40. The van der Waals surface area contributed by atoms with Crippen LogP contribution < -0.4 is 0 Å². The molecule has 6 heteroatoms. The summed E-state index contributed by atoms with van der Waals surface area (Å²) in [4.78, 5) is 14.9. The minimum Gasteiger partial charge on any atom is -0.436 e. The first-order valence-electron chi connectivity index (χ1n) is 6.28. The molecule has 0 atom stereocenters. The van der Waals surface area contributed by atoms with Crippen molar-refractivity contribution in [3.05, 3.63) is 55.1 Å². The summed E-state index contributed by atoms with van der Waals surface area (Å²) < 4.78 is 6.94. The molecule has 0 amide bonds. The van der Waals surface area contributed by atoms with Gasteiger partial charge in [0.25, 0.3) is 5.69 Å². The first-order valence-corrected chi connectivity index (χ1v) is 7.36. The third kappa shape index (κ3) is 2.39. The number of nitrogens with zero attached hydrogens (tertiary/aromatic N) is 2. The minimum absolute atomic E-state index is 0.0271. The molecule has 3 rings (SSSR count). The Morgan fingerprint density at radius 2 is 2.05 bits per heavy atom. The Morgan fingerprint density at radius 3 is 2.76 bits per heavy atom. The molecule has 1 aromatic heterocycles. The third-order valence-corrected chi connectivity index (χ3v) is 4.54. The van der Waals surface area contributed by atoms with Gasteiger partial charge < -0.3 is 4.42 Å². The fourth-order valence-electron chi connectivity index (χ4n) is 2.24. The van der Waals surface area contributed by atoms with E-state index in [9.17, 15) is 10.1 Å². The van der Waals surface area contributed by atoms with E-state index < -0.39 is 4.92 Å². The van der Waals surface area contributed by atoms with Crippen molar-refractivity contribution in [2.45, 2.75) is 13.8 Å². The number of nitro benzene ring substituents is 1. The van der Waals surface area contributed by atoms with Crippen LogP contribution in [0.1, 0.15) is 11.1 Å². The van der Waals surface area contributed by atoms with Gasteiger partial charge in [-0.05, 0) is 54.1 Å². The van der Waals surface area contributed by atoms with Crippen molar-refractivity contribution in [1.29, 1.82) is 0 Å². The van der Waals surface area contributed by atoms with Gasteiger partial charge in [-0.1, -0.05) is 6.07 Å². The van der Waals surface area contributed by atoms with Crippen LogP contribution in [-0.2, 0) is 0 Å². The second kappa shape index (κ2) is 5.10. The molecule has 5 nitrogen and oxygen atoms in total. The van der Waals surface area contributed by atoms with Crippen molar-refractivity contribution in [3.63, 3.8) is 0 Å². The van der Waals surface area contributed by atoms with E-state index in [1.54, 1.807) is 6.92 Å². The molecule has 0 saturated heterocycles. The molecule has 0 fully saturated rings. The highest BCUT2D eigenvalue weighted by atomic mass is 127. The lowest BCUT2D eigenvalue weighted by Gasteiger charge is -2.02. The van der Waals surface area contributed by atoms with Gasteiger partial charge in [0.2, 0.25) is 5.89 Å². The first-order chi connectivity index (χ1) is 9.97. The van der Waals surface area contributed by atoms with Crippen molar-refractivity contribution >= 4 is 39.4 Å². The molecule has 3 aromatic rings. The zero-order valence-electron chi connectivity index (χ0n) is 11.4. The first kappa shape index (κ1) is 14.0. The van der Waals surface area contributed by atoms with Gasteiger partial charge in [-0.25, -0.2) is 4.98 Å². The van der Waals surface area contributed by atoms with E-state index in [4.69, 9.17) is 4.42 Å². The van der Waals surface area contributed by atoms with E-state index in [0.29, 0.717) is 22.6 Å². The number of halogens is 1. The molecule has 0 unspecified atom stereocenters. The number of non-ortho nitro benzene ring substituents is 1. The fraction of sp³-hybridized carbons (Fsp3) is 0.133. The number of oxazole rings is 1. The average molecular weight is 394 g/mol. The van der Waals surface area contributed by atoms with Crippen LogP contribution in [0.5, 0.6) is 0 Å². The Balaban J connectivity index is 2.24. The summed E-state index contributed by atoms with van der Waals surface area (Å²) in [6, 6.07) is 8.83. The van der Waals surface area contributed by atoms with E-state index in [1.807, 2.05) is 25.1 Å². The van der Waals surface area contributed by atoms with Gasteiger partial charge in [0, 0.05) is 26.8 Å². The molecule has 0 aliphatic heterocycles. The SMILES string of the molecule is Cc1c(I)cccc1-c1nc2cc([N+](=O)[O-])cc(C)c2o1. The van der Waals surface area contributed by atoms with E-state index in [0.717, 1.165) is 14.7 Å². The zero-order chi connectivity index (χ0) is 15.1. The third-order valence-electron chi connectivity index (χ3n) is 3.37. The van der Waals surface area contributed by atoms with Crippen LogP contribution in [0.3, 0.4) is 0 Å². The van der Waals surface area contributed by atoms with Gasteiger partial charge in [-0.15, -0.1) is 0 Å². The molecule has 0 radical (unpaired) electrons. The zero-order valence-corrected chi connectivity index (χ0v) is 13.5. The van der Waals surface area contributed by atoms with Gasteiger partial charge in [0.1, 0.15) is 5.52 Å². The Bertz CT molecular complexity index is 871. The number of aromatic nitrogens is 1. The summed E-state index contributed by atoms with van der Waals surface area (Å²) in [5.74, 6) is 0.490. The number of hydrogen-bond acceptors (Lipinski definition) is 4. The number of fused-ring (bicyclic) bond motifs is 1. The maximum Gasteiger partial charge on any atom is 0.272 e. The van der Waals surface area contributed by atoms with Crippen LogP contribution in [-0.4, -0.2) is 9.91 Å². The van der Waals surface area contributed by atoms with Crippen LogP contribution >= 0.6 is 22.6 Å². The Hall–Kier alpha value is -1.96. The van der Waals surface area contributed by atoms with E-state index in [-0.39, 0.29) is 5.69 Å². The standard InChI is InChI=1S/C15H11IN2O3/c1-8-6-10(18(19)20)7-13-14(8)21-15(17-13)11-4-3-5-12(16)9(11)2/h3-7H,1-2H3. The molecule has 0 aliphatic carbocycles. The second-order valence-corrected chi connectivity index (χ2v) is 5.96. The van der Waals surface area contributed by atoms with E-state index in [2.05, 4.69) is 27.6 Å². The molecule has 1 heterocycles. The highest BCUT2D eigenvalue weighted by molar-refractivity contribution is 14.1. The smallest absolute Gasteiger partial charge is 0.272 e. The van der Waals surface area contributed by atoms with Crippen LogP contribution in [0.15, 0.2) is 34.7 Å². The molecule has 2 aromatic carbocycles. The summed E-state index contributed by atoms with van der Waals surface area (Å²) in [7, 11) is 0. The van der Waals surface area contributed by atoms with Crippen molar-refractivity contribution in [2.24, 2.45) is 0 Å². The molecule has 0 bridgehead atoms. The van der Waals surface area contributed by atoms with Gasteiger partial charge >= 0.3 is 0 Å². The summed E-state index contributed by atoms with van der Waals surface area (Å²) in [5.41, 5.74) is 3.82. The van der Waals surface area contributed by atoms with Crippen LogP contribution in [0.2, 0.25) is 0 Å². The highest BCUT2D eigenvalue weighted by Crippen LogP contribution is 2.32. The predicted molar refractivity (Wildman–Crippen MR) is 88.3 cm³/mol. The quantitative estimate of drug-likeness (QED) is 0.361. The van der Waals surface area contributed by atoms with E-state index >= 15 is 0 Å². The molecule has 21 heavy (non-hydrogen) atoms.